The van der Waals surface area contributed by atoms with Crippen molar-refractivity contribution in [2.24, 2.45) is 0 Å². The number of carboxylic acid groups (broad SMARTS) is 1. The van der Waals surface area contributed by atoms with E-state index in [0.29, 0.717) is 0 Å². The van der Waals surface area contributed by atoms with Crippen LogP contribution in [0.4, 0.5) is 4.79 Å². The molecule has 0 radical (unpaired) electrons. The van der Waals surface area contributed by atoms with Crippen LogP contribution in [0.1, 0.15) is 36.5 Å². The summed E-state index contributed by atoms with van der Waals surface area (Å²) in [5.74, 6) is -1.98. The molecule has 0 unspecified atom stereocenters. The van der Waals surface area contributed by atoms with Crippen LogP contribution >= 0.6 is 0 Å². The number of amides is 2. The van der Waals surface area contributed by atoms with Gasteiger partial charge in [-0.15, -0.1) is 0 Å². The van der Waals surface area contributed by atoms with Crippen molar-refractivity contribution in [2.75, 3.05) is 0 Å². The molecule has 0 fully saturated rings. The Hall–Kier alpha value is -3.68. The second-order valence-corrected chi connectivity index (χ2v) is 7.80. The Morgan fingerprint density at radius 3 is 2.38 bits per heavy atom. The van der Waals surface area contributed by atoms with Gasteiger partial charge in [0.15, 0.2) is 0 Å². The minimum atomic E-state index is -1.23. The van der Waals surface area contributed by atoms with Crippen molar-refractivity contribution in [3.8, 4) is 0 Å². The van der Waals surface area contributed by atoms with Gasteiger partial charge < -0.3 is 20.0 Å². The number of Topliss-reactive ketones (excluding diaryl/α,β-unsaturated/α-hetero) is 1. The predicted octanol–water partition coefficient (Wildman–Crippen LogP) is 2.69. The monoisotopic (exact) mass is 438 g/mol. The van der Waals surface area contributed by atoms with Crippen molar-refractivity contribution >= 4 is 23.8 Å². The van der Waals surface area contributed by atoms with Gasteiger partial charge in [0, 0.05) is 12.8 Å². The molecule has 1 aliphatic heterocycles. The van der Waals surface area contributed by atoms with Crippen LogP contribution in [0, 0.1) is 0 Å². The summed E-state index contributed by atoms with van der Waals surface area (Å²) in [4.78, 5) is 50.1. The lowest BCUT2D eigenvalue weighted by atomic mass is 9.93. The highest BCUT2D eigenvalue weighted by atomic mass is 16.6. The van der Waals surface area contributed by atoms with Gasteiger partial charge in [-0.1, -0.05) is 54.6 Å². The smallest absolute Gasteiger partial charge is 0.411 e. The number of benzene rings is 2. The Labute approximate surface area is 186 Å². The lowest BCUT2D eigenvalue weighted by Gasteiger charge is -2.35. The van der Waals surface area contributed by atoms with E-state index in [1.54, 1.807) is 0 Å². The third-order valence-electron chi connectivity index (χ3n) is 5.39. The van der Waals surface area contributed by atoms with Crippen molar-refractivity contribution in [2.45, 2.75) is 51.4 Å². The van der Waals surface area contributed by atoms with Gasteiger partial charge in [-0.2, -0.15) is 0 Å². The fourth-order valence-corrected chi connectivity index (χ4v) is 3.62. The number of aliphatic carboxylic acids is 1. The maximum atomic E-state index is 13.0. The zero-order chi connectivity index (χ0) is 23.1. The van der Waals surface area contributed by atoms with Gasteiger partial charge in [0.1, 0.15) is 24.5 Å². The van der Waals surface area contributed by atoms with Crippen LogP contribution in [0.5, 0.6) is 0 Å². The quantitative estimate of drug-likeness (QED) is 0.655. The molecule has 168 valence electrons. The molecular weight excluding hydrogens is 412 g/mol. The summed E-state index contributed by atoms with van der Waals surface area (Å²) >= 11 is 0. The molecular formula is C24H26N2O6. The number of hydrogen-bond acceptors (Lipinski definition) is 5. The van der Waals surface area contributed by atoms with Crippen molar-refractivity contribution < 1.29 is 29.0 Å². The Morgan fingerprint density at radius 1 is 1.06 bits per heavy atom. The van der Waals surface area contributed by atoms with Gasteiger partial charge in [0.2, 0.25) is 5.91 Å². The predicted molar refractivity (Wildman–Crippen MR) is 116 cm³/mol. The van der Waals surface area contributed by atoms with Gasteiger partial charge >= 0.3 is 12.1 Å². The van der Waals surface area contributed by atoms with Crippen molar-refractivity contribution in [3.05, 3.63) is 71.3 Å². The number of hydrogen-bond donors (Lipinski definition) is 2. The Kier molecular flexibility index (Phi) is 7.59. The first-order valence-electron chi connectivity index (χ1n) is 10.4. The maximum absolute atomic E-state index is 13.0. The summed E-state index contributed by atoms with van der Waals surface area (Å²) < 4.78 is 5.44. The highest BCUT2D eigenvalue weighted by Gasteiger charge is 2.37. The Bertz CT molecular complexity index is 991. The third-order valence-corrected chi connectivity index (χ3v) is 5.39. The number of ketones is 1. The van der Waals surface area contributed by atoms with Gasteiger partial charge in [-0.3, -0.25) is 9.69 Å². The number of nitrogens with one attached hydrogen (secondary N) is 1. The largest absolute Gasteiger partial charge is 0.480 e. The molecule has 2 N–H and O–H groups in total. The second-order valence-electron chi connectivity index (χ2n) is 7.80. The van der Waals surface area contributed by atoms with E-state index in [2.05, 4.69) is 5.32 Å². The van der Waals surface area contributed by atoms with Crippen LogP contribution in [0.3, 0.4) is 0 Å². The van der Waals surface area contributed by atoms with Gasteiger partial charge in [0.25, 0.3) is 0 Å². The standard InChI is InChI=1S/C24H26N2O6/c1-16(27)11-12-20(23(29)30)25-22(28)21-13-18-9-5-6-10-19(18)14-26(21)24(31)32-15-17-7-3-2-4-8-17/h2-10,20-21H,11-15H2,1H3,(H,25,28)(H,29,30)/t20-,21+/m1/s1. The zero-order valence-electron chi connectivity index (χ0n) is 17.8. The lowest BCUT2D eigenvalue weighted by Crippen LogP contribution is -2.55. The molecule has 0 aromatic heterocycles. The lowest BCUT2D eigenvalue weighted by molar-refractivity contribution is -0.143. The highest BCUT2D eigenvalue weighted by Crippen LogP contribution is 2.24. The van der Waals surface area contributed by atoms with Gasteiger partial charge in [-0.05, 0) is 30.0 Å². The fraction of sp³-hybridized carbons (Fsp3) is 0.333. The first kappa shape index (κ1) is 23.0. The number of fused-ring (bicyclic) bond motifs is 1. The van der Waals surface area contributed by atoms with E-state index in [1.165, 1.54) is 11.8 Å². The topological polar surface area (TPSA) is 113 Å². The number of carbonyl (C=O) groups excluding carboxylic acids is 3. The minimum absolute atomic E-state index is 0.0157. The molecule has 32 heavy (non-hydrogen) atoms. The first-order valence-corrected chi connectivity index (χ1v) is 10.4. The van der Waals surface area contributed by atoms with E-state index in [1.807, 2.05) is 54.6 Å². The molecule has 0 bridgehead atoms. The summed E-state index contributed by atoms with van der Waals surface area (Å²) in [5, 5.41) is 11.9. The van der Waals surface area contributed by atoms with Crippen LogP contribution in [-0.2, 0) is 38.7 Å². The molecule has 1 aliphatic rings. The first-order chi connectivity index (χ1) is 15.3. The van der Waals surface area contributed by atoms with E-state index in [-0.39, 0.29) is 38.2 Å². The molecule has 0 aliphatic carbocycles. The summed E-state index contributed by atoms with van der Waals surface area (Å²) in [7, 11) is 0. The van der Waals surface area contributed by atoms with E-state index in [0.717, 1.165) is 16.7 Å². The number of ether oxygens (including phenoxy) is 1. The van der Waals surface area contributed by atoms with E-state index < -0.39 is 30.1 Å². The molecule has 8 heteroatoms. The summed E-state index contributed by atoms with van der Waals surface area (Å²) in [6.45, 7) is 1.60. The van der Waals surface area contributed by atoms with E-state index in [9.17, 15) is 24.3 Å². The summed E-state index contributed by atoms with van der Waals surface area (Å²) in [6.07, 6.45) is -0.396. The van der Waals surface area contributed by atoms with Crippen LogP contribution in [0.2, 0.25) is 0 Å². The zero-order valence-corrected chi connectivity index (χ0v) is 17.8. The minimum Gasteiger partial charge on any atom is -0.480 e. The SMILES string of the molecule is CC(=O)CC[C@@H](NC(=O)[C@@H]1Cc2ccccc2CN1C(=O)OCc1ccccc1)C(=O)O. The normalized spacial score (nSPS) is 15.9. The third kappa shape index (κ3) is 5.94. The molecule has 0 spiro atoms. The van der Waals surface area contributed by atoms with Crippen molar-refractivity contribution in [1.29, 1.82) is 0 Å². The Morgan fingerprint density at radius 2 is 1.72 bits per heavy atom. The fourth-order valence-electron chi connectivity index (χ4n) is 3.62. The van der Waals surface area contributed by atoms with Crippen LogP contribution in [-0.4, -0.2) is 45.8 Å². The number of carbonyl (C=O) groups is 4. The highest BCUT2D eigenvalue weighted by molar-refractivity contribution is 5.90. The molecule has 2 atom stereocenters. The molecule has 2 aromatic rings. The Balaban J connectivity index is 1.76. The number of rotatable bonds is 8. The molecule has 8 nitrogen and oxygen atoms in total. The summed E-state index contributed by atoms with van der Waals surface area (Å²) in [5.41, 5.74) is 2.63. The van der Waals surface area contributed by atoms with Crippen molar-refractivity contribution in [3.63, 3.8) is 0 Å². The van der Waals surface area contributed by atoms with E-state index in [4.69, 9.17) is 4.74 Å². The molecule has 0 saturated heterocycles. The number of nitrogens with zero attached hydrogens (tertiary/aromatic N) is 1. The molecule has 0 saturated carbocycles. The molecule has 3 rings (SSSR count). The molecule has 2 amide bonds. The summed E-state index contributed by atoms with van der Waals surface area (Å²) in [6, 6.07) is 14.5. The van der Waals surface area contributed by atoms with Gasteiger partial charge in [0.05, 0.1) is 6.54 Å². The number of carboxylic acids is 1. The second kappa shape index (κ2) is 10.6. The van der Waals surface area contributed by atoms with E-state index >= 15 is 0 Å². The molecule has 1 heterocycles. The average Bonchev–Trinajstić information content (AvgIpc) is 2.79. The van der Waals surface area contributed by atoms with Gasteiger partial charge in [-0.25, -0.2) is 9.59 Å². The van der Waals surface area contributed by atoms with Crippen LogP contribution in [0.25, 0.3) is 0 Å². The van der Waals surface area contributed by atoms with Crippen LogP contribution < -0.4 is 5.32 Å². The average molecular weight is 438 g/mol. The van der Waals surface area contributed by atoms with Crippen molar-refractivity contribution in [1.82, 2.24) is 10.2 Å². The van der Waals surface area contributed by atoms with Crippen LogP contribution in [0.15, 0.2) is 54.6 Å². The molecule has 2 aromatic carbocycles. The maximum Gasteiger partial charge on any atom is 0.411 e.